The highest BCUT2D eigenvalue weighted by Crippen LogP contribution is 2.40. The molecule has 2 atom stereocenters. The van der Waals surface area contributed by atoms with E-state index in [9.17, 15) is 22.4 Å². The number of halogens is 4. The minimum atomic E-state index is -4.59. The molecule has 0 spiro atoms. The van der Waals surface area contributed by atoms with Gasteiger partial charge in [0.25, 0.3) is 0 Å². The maximum absolute atomic E-state index is 14.9. The van der Waals surface area contributed by atoms with Crippen molar-refractivity contribution in [2.45, 2.75) is 59.0 Å². The van der Waals surface area contributed by atoms with E-state index in [1.165, 1.54) is 18.1 Å². The van der Waals surface area contributed by atoms with Crippen molar-refractivity contribution < 1.29 is 31.8 Å². The largest absolute Gasteiger partial charge is 0.496 e. The van der Waals surface area contributed by atoms with Crippen molar-refractivity contribution in [2.24, 2.45) is 5.92 Å². The van der Waals surface area contributed by atoms with Crippen molar-refractivity contribution in [3.05, 3.63) is 93.8 Å². The fourth-order valence-electron chi connectivity index (χ4n) is 4.85. The Morgan fingerprint density at radius 1 is 1.21 bits per heavy atom. The van der Waals surface area contributed by atoms with Crippen LogP contribution >= 0.6 is 0 Å². The molecule has 202 valence electrons. The summed E-state index contributed by atoms with van der Waals surface area (Å²) >= 11 is 0. The van der Waals surface area contributed by atoms with Gasteiger partial charge in [-0.2, -0.15) is 13.2 Å². The van der Waals surface area contributed by atoms with Crippen molar-refractivity contribution >= 4 is 11.7 Å². The lowest BCUT2D eigenvalue weighted by molar-refractivity contribution is -0.137. The average molecular weight is 531 g/mol. The zero-order chi connectivity index (χ0) is 27.8. The normalized spacial score (nSPS) is 20.4. The molecule has 38 heavy (non-hydrogen) atoms. The molecule has 2 unspecified atom stereocenters. The maximum Gasteiger partial charge on any atom is 0.416 e. The molecule has 0 N–H and O–H groups in total. The highest BCUT2D eigenvalue weighted by Gasteiger charge is 2.40. The molecule has 1 aromatic heterocycles. The van der Waals surface area contributed by atoms with Crippen LogP contribution in [0.5, 0.6) is 0 Å². The van der Waals surface area contributed by atoms with Crippen molar-refractivity contribution in [3.8, 4) is 0 Å². The molecular formula is C29H30F4N2O3. The number of ether oxygens (including phenoxy) is 2. The smallest absolute Gasteiger partial charge is 0.416 e. The molecular weight excluding hydrogens is 500 g/mol. The first-order chi connectivity index (χ1) is 17.9. The molecule has 1 aliphatic carbocycles. The minimum absolute atomic E-state index is 0.00910. The molecule has 1 saturated heterocycles. The van der Waals surface area contributed by atoms with Crippen LogP contribution in [0.1, 0.15) is 61.2 Å². The van der Waals surface area contributed by atoms with E-state index in [0.29, 0.717) is 22.5 Å². The number of cyclic esters (lactones) is 1. The zero-order valence-electron chi connectivity index (χ0n) is 21.9. The lowest BCUT2D eigenvalue weighted by atomic mass is 9.92. The summed E-state index contributed by atoms with van der Waals surface area (Å²) in [7, 11) is 1.43. The fraction of sp³-hybridized carbons (Fsp3) is 0.379. The van der Waals surface area contributed by atoms with Crippen LogP contribution in [-0.4, -0.2) is 29.1 Å². The Hall–Kier alpha value is -3.62. The molecule has 1 amide bonds. The topological polar surface area (TPSA) is 51.7 Å². The Kier molecular flexibility index (Phi) is 7.67. The number of alkyl halides is 3. The van der Waals surface area contributed by atoms with Gasteiger partial charge in [-0.1, -0.05) is 19.9 Å². The first kappa shape index (κ1) is 27.4. The van der Waals surface area contributed by atoms with Gasteiger partial charge in [0, 0.05) is 23.9 Å². The summed E-state index contributed by atoms with van der Waals surface area (Å²) in [6, 6.07) is 6.48. The van der Waals surface area contributed by atoms with Crippen LogP contribution in [0.3, 0.4) is 0 Å². The van der Waals surface area contributed by atoms with Gasteiger partial charge in [0.2, 0.25) is 0 Å². The van der Waals surface area contributed by atoms with Crippen LogP contribution < -0.4 is 0 Å². The van der Waals surface area contributed by atoms with Gasteiger partial charge >= 0.3 is 12.3 Å². The number of amides is 1. The number of carbonyl (C=O) groups is 1. The zero-order valence-corrected chi connectivity index (χ0v) is 21.9. The van der Waals surface area contributed by atoms with Gasteiger partial charge < -0.3 is 9.47 Å². The summed E-state index contributed by atoms with van der Waals surface area (Å²) < 4.78 is 67.2. The second kappa shape index (κ2) is 10.6. The highest BCUT2D eigenvalue weighted by atomic mass is 19.4. The van der Waals surface area contributed by atoms with Gasteiger partial charge in [-0.3, -0.25) is 9.88 Å². The number of benzene rings is 1. The monoisotopic (exact) mass is 530 g/mol. The number of pyridine rings is 1. The molecule has 0 bridgehead atoms. The number of hydrogen-bond acceptors (Lipinski definition) is 4. The van der Waals surface area contributed by atoms with Crippen molar-refractivity contribution in [1.29, 1.82) is 0 Å². The summed E-state index contributed by atoms with van der Waals surface area (Å²) in [5, 5.41) is 0. The van der Waals surface area contributed by atoms with E-state index in [1.54, 1.807) is 31.3 Å². The number of allylic oxidation sites excluding steroid dienone is 5. The molecule has 1 fully saturated rings. The number of hydrogen-bond donors (Lipinski definition) is 0. The summed E-state index contributed by atoms with van der Waals surface area (Å²) in [6.45, 7) is 7.16. The summed E-state index contributed by atoms with van der Waals surface area (Å²) in [5.74, 6) is -0.144. The summed E-state index contributed by atoms with van der Waals surface area (Å²) in [4.78, 5) is 18.5. The standard InChI is InChI=1S/C29H30F4N2O3/c1-16(2)23-14-24(26(37-5)9-8-25(23)30)22-7-6-21(29(31,32)33)13-20(22)15-35-18(4)27(38-28(35)36)19-10-11-34-17(3)12-19/h6-7,9-14,16,18,27H,8,15H2,1-5H3. The van der Waals surface area contributed by atoms with E-state index < -0.39 is 30.0 Å². The van der Waals surface area contributed by atoms with E-state index in [2.05, 4.69) is 4.98 Å². The third kappa shape index (κ3) is 5.47. The van der Waals surface area contributed by atoms with Gasteiger partial charge in [0.05, 0.1) is 25.3 Å². The first-order valence-electron chi connectivity index (χ1n) is 12.4. The highest BCUT2D eigenvalue weighted by molar-refractivity contribution is 5.82. The quantitative estimate of drug-likeness (QED) is 0.360. The molecule has 1 aliphatic heterocycles. The van der Waals surface area contributed by atoms with Crippen LogP contribution in [-0.2, 0) is 22.2 Å². The molecule has 1 aromatic carbocycles. The van der Waals surface area contributed by atoms with E-state index in [4.69, 9.17) is 9.47 Å². The third-order valence-electron chi connectivity index (χ3n) is 6.89. The Balaban J connectivity index is 1.80. The third-order valence-corrected chi connectivity index (χ3v) is 6.89. The van der Waals surface area contributed by atoms with Crippen LogP contribution in [0, 0.1) is 12.8 Å². The van der Waals surface area contributed by atoms with Crippen LogP contribution in [0.15, 0.2) is 65.8 Å². The number of methoxy groups -OCH3 is 1. The molecule has 0 radical (unpaired) electrons. The van der Waals surface area contributed by atoms with Crippen LogP contribution in [0.25, 0.3) is 5.57 Å². The number of aromatic nitrogens is 1. The number of nitrogens with zero attached hydrogens (tertiary/aromatic N) is 2. The maximum atomic E-state index is 14.9. The Morgan fingerprint density at radius 2 is 1.95 bits per heavy atom. The lowest BCUT2D eigenvalue weighted by Crippen LogP contribution is -2.32. The Labute approximate surface area is 219 Å². The van der Waals surface area contributed by atoms with Gasteiger partial charge in [0.15, 0.2) is 0 Å². The SMILES string of the molecule is COC1=CCC(F)=C(C(C)C)C=C1c1ccc(C(F)(F)F)cc1CN1C(=O)OC(c2ccnc(C)c2)C1C. The summed E-state index contributed by atoms with van der Waals surface area (Å²) in [5.41, 5.74) is 2.22. The van der Waals surface area contributed by atoms with E-state index in [0.717, 1.165) is 23.4 Å². The van der Waals surface area contributed by atoms with E-state index >= 15 is 0 Å². The number of aryl methyl sites for hydroxylation is 1. The predicted molar refractivity (Wildman–Crippen MR) is 135 cm³/mol. The van der Waals surface area contributed by atoms with Gasteiger partial charge in [-0.25, -0.2) is 9.18 Å². The van der Waals surface area contributed by atoms with Crippen molar-refractivity contribution in [3.63, 3.8) is 0 Å². The predicted octanol–water partition coefficient (Wildman–Crippen LogP) is 7.69. The van der Waals surface area contributed by atoms with Crippen LogP contribution in [0.2, 0.25) is 0 Å². The van der Waals surface area contributed by atoms with Gasteiger partial charge in [0.1, 0.15) is 17.7 Å². The van der Waals surface area contributed by atoms with E-state index in [-0.39, 0.29) is 30.3 Å². The Morgan fingerprint density at radius 3 is 2.58 bits per heavy atom. The molecule has 2 heterocycles. The van der Waals surface area contributed by atoms with Crippen molar-refractivity contribution in [1.82, 2.24) is 9.88 Å². The fourth-order valence-corrected chi connectivity index (χ4v) is 4.85. The van der Waals surface area contributed by atoms with Crippen molar-refractivity contribution in [2.75, 3.05) is 7.11 Å². The van der Waals surface area contributed by atoms with Crippen LogP contribution in [0.4, 0.5) is 22.4 Å². The Bertz CT molecular complexity index is 1330. The van der Waals surface area contributed by atoms with Gasteiger partial charge in [-0.15, -0.1) is 0 Å². The molecule has 2 aliphatic rings. The van der Waals surface area contributed by atoms with Gasteiger partial charge in [-0.05, 0) is 78.4 Å². The molecule has 2 aromatic rings. The second-order valence-electron chi connectivity index (χ2n) is 9.82. The molecule has 4 rings (SSSR count). The lowest BCUT2D eigenvalue weighted by Gasteiger charge is -2.24. The summed E-state index contributed by atoms with van der Waals surface area (Å²) in [6.07, 6.45) is -0.991. The second-order valence-corrected chi connectivity index (χ2v) is 9.82. The molecule has 9 heteroatoms. The average Bonchev–Trinajstić information content (AvgIpc) is 3.02. The first-order valence-corrected chi connectivity index (χ1v) is 12.4. The minimum Gasteiger partial charge on any atom is -0.496 e. The molecule has 5 nitrogen and oxygen atoms in total. The molecule has 0 saturated carbocycles. The number of carbonyl (C=O) groups excluding carboxylic acids is 1. The number of rotatable bonds is 6. The van der Waals surface area contributed by atoms with E-state index in [1.807, 2.05) is 26.8 Å².